The molecule has 8 heteroatoms. The Morgan fingerprint density at radius 3 is 2.84 bits per heavy atom. The summed E-state index contributed by atoms with van der Waals surface area (Å²) in [5.41, 5.74) is 0.869. The van der Waals surface area contributed by atoms with E-state index in [1.54, 1.807) is 0 Å². The first-order valence-electron chi connectivity index (χ1n) is 8.29. The van der Waals surface area contributed by atoms with Gasteiger partial charge in [-0.25, -0.2) is 0 Å². The van der Waals surface area contributed by atoms with Crippen LogP contribution in [0.15, 0.2) is 34.9 Å². The maximum atomic E-state index is 12.1. The van der Waals surface area contributed by atoms with E-state index in [0.29, 0.717) is 24.7 Å². The summed E-state index contributed by atoms with van der Waals surface area (Å²) < 4.78 is 16.2. The average molecular weight is 345 g/mol. The summed E-state index contributed by atoms with van der Waals surface area (Å²) in [4.78, 5) is 16.5. The number of amides is 1. The Kier molecular flexibility index (Phi) is 4.48. The third-order valence-electron chi connectivity index (χ3n) is 4.44. The molecule has 0 aliphatic carbocycles. The van der Waals surface area contributed by atoms with E-state index in [9.17, 15) is 9.90 Å². The van der Waals surface area contributed by atoms with Gasteiger partial charge in [0.25, 0.3) is 0 Å². The number of rotatable bonds is 5. The number of carbonyl (C=O) groups is 1. The highest BCUT2D eigenvalue weighted by Crippen LogP contribution is 2.27. The molecule has 132 valence electrons. The van der Waals surface area contributed by atoms with Gasteiger partial charge < -0.3 is 24.4 Å². The lowest BCUT2D eigenvalue weighted by molar-refractivity contribution is -0.122. The standard InChI is InChI=1S/C17H19N3O5/c21-12-9-24-15-11(8-23-16(12)15)18-13(22)6-7-14-19-17(20-25-14)10-4-2-1-3-5-10/h1-5,11-12,15-16,21H,6-9H2,(H,18,22)/t11-,12-,15-,16-/m1/s1. The van der Waals surface area contributed by atoms with Crippen molar-refractivity contribution in [1.29, 1.82) is 0 Å². The second-order valence-electron chi connectivity index (χ2n) is 6.22. The fraction of sp³-hybridized carbons (Fsp3) is 0.471. The van der Waals surface area contributed by atoms with Crippen molar-refractivity contribution < 1.29 is 23.9 Å². The predicted octanol–water partition coefficient (Wildman–Crippen LogP) is 0.312. The van der Waals surface area contributed by atoms with Crippen molar-refractivity contribution in [3.05, 3.63) is 36.2 Å². The van der Waals surface area contributed by atoms with Gasteiger partial charge in [-0.15, -0.1) is 0 Å². The van der Waals surface area contributed by atoms with Crippen molar-refractivity contribution in [2.24, 2.45) is 0 Å². The van der Waals surface area contributed by atoms with E-state index in [1.165, 1.54) is 0 Å². The largest absolute Gasteiger partial charge is 0.388 e. The summed E-state index contributed by atoms with van der Waals surface area (Å²) >= 11 is 0. The fourth-order valence-corrected chi connectivity index (χ4v) is 3.16. The molecule has 0 bridgehead atoms. The van der Waals surface area contributed by atoms with Crippen LogP contribution in [0.4, 0.5) is 0 Å². The number of nitrogens with one attached hydrogen (secondary N) is 1. The number of hydrogen-bond acceptors (Lipinski definition) is 7. The first-order chi connectivity index (χ1) is 12.2. The molecule has 2 aliphatic heterocycles. The minimum Gasteiger partial charge on any atom is -0.388 e. The molecule has 1 amide bonds. The fourth-order valence-electron chi connectivity index (χ4n) is 3.16. The van der Waals surface area contributed by atoms with E-state index in [1.807, 2.05) is 30.3 Å². The molecule has 4 atom stereocenters. The third kappa shape index (κ3) is 3.41. The number of benzene rings is 1. The van der Waals surface area contributed by atoms with E-state index in [4.69, 9.17) is 14.0 Å². The Balaban J connectivity index is 1.29. The van der Waals surface area contributed by atoms with Crippen LogP contribution in [-0.4, -0.2) is 58.7 Å². The van der Waals surface area contributed by atoms with Crippen LogP contribution in [0.3, 0.4) is 0 Å². The molecule has 4 rings (SSSR count). The van der Waals surface area contributed by atoms with Crippen molar-refractivity contribution in [2.75, 3.05) is 13.2 Å². The summed E-state index contributed by atoms with van der Waals surface area (Å²) in [5, 5.41) is 16.5. The summed E-state index contributed by atoms with van der Waals surface area (Å²) in [5.74, 6) is 0.789. The molecule has 25 heavy (non-hydrogen) atoms. The molecule has 1 aromatic heterocycles. The Hall–Kier alpha value is -2.29. The smallest absolute Gasteiger partial charge is 0.227 e. The molecule has 0 spiro atoms. The number of carbonyl (C=O) groups excluding carboxylic acids is 1. The molecule has 2 saturated heterocycles. The monoisotopic (exact) mass is 345 g/mol. The molecule has 3 heterocycles. The number of aryl methyl sites for hydroxylation is 1. The van der Waals surface area contributed by atoms with Crippen LogP contribution in [-0.2, 0) is 20.7 Å². The van der Waals surface area contributed by atoms with Crippen LogP contribution in [0.2, 0.25) is 0 Å². The van der Waals surface area contributed by atoms with Crippen LogP contribution in [0.25, 0.3) is 11.4 Å². The lowest BCUT2D eigenvalue weighted by atomic mass is 10.1. The Bertz CT molecular complexity index is 735. The molecule has 0 radical (unpaired) electrons. The average Bonchev–Trinajstić information content (AvgIpc) is 3.34. The highest BCUT2D eigenvalue weighted by atomic mass is 16.6. The molecule has 0 unspecified atom stereocenters. The quantitative estimate of drug-likeness (QED) is 0.803. The molecule has 0 saturated carbocycles. The number of ether oxygens (including phenoxy) is 2. The number of aromatic nitrogens is 2. The van der Waals surface area contributed by atoms with Crippen molar-refractivity contribution in [3.63, 3.8) is 0 Å². The number of aliphatic hydroxyl groups excluding tert-OH is 1. The van der Waals surface area contributed by atoms with Crippen LogP contribution in [0.5, 0.6) is 0 Å². The van der Waals surface area contributed by atoms with Gasteiger partial charge in [-0.1, -0.05) is 35.5 Å². The highest BCUT2D eigenvalue weighted by Gasteiger charge is 2.47. The summed E-state index contributed by atoms with van der Waals surface area (Å²) in [6, 6.07) is 9.27. The van der Waals surface area contributed by atoms with Crippen LogP contribution < -0.4 is 5.32 Å². The topological polar surface area (TPSA) is 107 Å². The first kappa shape index (κ1) is 16.2. The Labute approximate surface area is 144 Å². The van der Waals surface area contributed by atoms with E-state index < -0.39 is 6.10 Å². The minimum absolute atomic E-state index is 0.140. The summed E-state index contributed by atoms with van der Waals surface area (Å²) in [7, 11) is 0. The van der Waals surface area contributed by atoms with E-state index >= 15 is 0 Å². The van der Waals surface area contributed by atoms with Crippen LogP contribution >= 0.6 is 0 Å². The molecule has 2 aliphatic rings. The van der Waals surface area contributed by atoms with Gasteiger partial charge in [0.1, 0.15) is 18.3 Å². The zero-order valence-electron chi connectivity index (χ0n) is 13.5. The maximum Gasteiger partial charge on any atom is 0.227 e. The second-order valence-corrected chi connectivity index (χ2v) is 6.22. The van der Waals surface area contributed by atoms with Gasteiger partial charge in [0.05, 0.1) is 19.3 Å². The molecule has 2 aromatic rings. The zero-order chi connectivity index (χ0) is 17.2. The van der Waals surface area contributed by atoms with Gasteiger partial charge in [-0.05, 0) is 0 Å². The van der Waals surface area contributed by atoms with Crippen LogP contribution in [0, 0.1) is 0 Å². The van der Waals surface area contributed by atoms with Gasteiger partial charge in [-0.3, -0.25) is 4.79 Å². The minimum atomic E-state index is -0.623. The molecule has 8 nitrogen and oxygen atoms in total. The highest BCUT2D eigenvalue weighted by molar-refractivity contribution is 5.76. The Morgan fingerprint density at radius 2 is 2.00 bits per heavy atom. The van der Waals surface area contributed by atoms with Crippen molar-refractivity contribution in [1.82, 2.24) is 15.5 Å². The van der Waals surface area contributed by atoms with Crippen molar-refractivity contribution >= 4 is 5.91 Å². The van der Waals surface area contributed by atoms with Gasteiger partial charge >= 0.3 is 0 Å². The molecular formula is C17H19N3O5. The molecule has 2 fully saturated rings. The lowest BCUT2D eigenvalue weighted by Gasteiger charge is -2.17. The van der Waals surface area contributed by atoms with Crippen molar-refractivity contribution in [3.8, 4) is 11.4 Å². The predicted molar refractivity (Wildman–Crippen MR) is 85.5 cm³/mol. The molecule has 1 aromatic carbocycles. The van der Waals surface area contributed by atoms with E-state index in [-0.39, 0.29) is 37.2 Å². The van der Waals surface area contributed by atoms with E-state index in [2.05, 4.69) is 15.5 Å². The summed E-state index contributed by atoms with van der Waals surface area (Å²) in [6.45, 7) is 0.586. The zero-order valence-corrected chi connectivity index (χ0v) is 13.5. The third-order valence-corrected chi connectivity index (χ3v) is 4.44. The van der Waals surface area contributed by atoms with Crippen molar-refractivity contribution in [2.45, 2.75) is 37.2 Å². The SMILES string of the molecule is O=C(CCc1nc(-c2ccccc2)no1)N[C@@H]1CO[C@H]2[C@@H]1OC[C@H]2O. The molecule has 2 N–H and O–H groups in total. The number of hydrogen-bond donors (Lipinski definition) is 2. The van der Waals surface area contributed by atoms with Gasteiger partial charge in [0.15, 0.2) is 0 Å². The maximum absolute atomic E-state index is 12.1. The lowest BCUT2D eigenvalue weighted by Crippen LogP contribution is -2.44. The number of aliphatic hydroxyl groups is 1. The summed E-state index contributed by atoms with van der Waals surface area (Å²) in [6.07, 6.45) is -0.674. The Morgan fingerprint density at radius 1 is 1.20 bits per heavy atom. The number of nitrogens with zero attached hydrogens (tertiary/aromatic N) is 2. The normalized spacial score (nSPS) is 28.0. The molecular weight excluding hydrogens is 326 g/mol. The number of fused-ring (bicyclic) bond motifs is 1. The van der Waals surface area contributed by atoms with Crippen LogP contribution in [0.1, 0.15) is 12.3 Å². The first-order valence-corrected chi connectivity index (χ1v) is 8.29. The van der Waals surface area contributed by atoms with E-state index in [0.717, 1.165) is 5.56 Å². The van der Waals surface area contributed by atoms with Gasteiger partial charge in [0, 0.05) is 18.4 Å². The second kappa shape index (κ2) is 6.91. The van der Waals surface area contributed by atoms with Gasteiger partial charge in [-0.2, -0.15) is 4.98 Å². The van der Waals surface area contributed by atoms with Gasteiger partial charge in [0.2, 0.25) is 17.6 Å².